The monoisotopic (exact) mass is 267 g/mol. The molecule has 1 aromatic rings. The Morgan fingerprint density at radius 1 is 1.42 bits per heavy atom. The van der Waals surface area contributed by atoms with Crippen molar-refractivity contribution < 1.29 is 19.4 Å². The third-order valence-electron chi connectivity index (χ3n) is 2.75. The van der Waals surface area contributed by atoms with E-state index in [1.165, 1.54) is 7.11 Å². The summed E-state index contributed by atoms with van der Waals surface area (Å²) in [6.07, 6.45) is 0. The van der Waals surface area contributed by atoms with Crippen LogP contribution in [0, 0.1) is 0 Å². The van der Waals surface area contributed by atoms with Crippen molar-refractivity contribution in [3.05, 3.63) is 23.8 Å². The number of phenols is 1. The quantitative estimate of drug-likeness (QED) is 0.770. The van der Waals surface area contributed by atoms with Gasteiger partial charge in [-0.15, -0.1) is 0 Å². The first-order valence-electron chi connectivity index (χ1n) is 6.19. The zero-order valence-electron chi connectivity index (χ0n) is 11.8. The molecule has 5 heteroatoms. The van der Waals surface area contributed by atoms with Crippen LogP contribution >= 0.6 is 0 Å². The topological polar surface area (TPSA) is 67.8 Å². The Morgan fingerprint density at radius 2 is 2.11 bits per heavy atom. The maximum atomic E-state index is 11.5. The van der Waals surface area contributed by atoms with Crippen molar-refractivity contribution in [3.8, 4) is 11.5 Å². The molecule has 0 radical (unpaired) electrons. The molecule has 1 rings (SSSR count). The Bertz CT molecular complexity index is 443. The summed E-state index contributed by atoms with van der Waals surface area (Å²) in [5.74, 6) is 0.229. The van der Waals surface area contributed by atoms with Gasteiger partial charge in [0, 0.05) is 6.54 Å². The molecule has 0 saturated carbocycles. The smallest absolute Gasteiger partial charge is 0.325 e. The van der Waals surface area contributed by atoms with Crippen molar-refractivity contribution in [1.82, 2.24) is 5.32 Å². The minimum absolute atomic E-state index is 0.109. The van der Waals surface area contributed by atoms with Crippen molar-refractivity contribution in [2.24, 2.45) is 0 Å². The summed E-state index contributed by atoms with van der Waals surface area (Å²) < 4.78 is 10.0. The molecule has 19 heavy (non-hydrogen) atoms. The van der Waals surface area contributed by atoms with Crippen LogP contribution in [0.1, 0.15) is 26.3 Å². The van der Waals surface area contributed by atoms with E-state index in [4.69, 9.17) is 9.47 Å². The maximum Gasteiger partial charge on any atom is 0.325 e. The number of aromatic hydroxyl groups is 1. The van der Waals surface area contributed by atoms with Gasteiger partial charge in [-0.3, -0.25) is 10.1 Å². The molecule has 1 aromatic carbocycles. The number of rotatable bonds is 6. The molecule has 5 nitrogen and oxygen atoms in total. The van der Waals surface area contributed by atoms with Crippen LogP contribution < -0.4 is 10.1 Å². The predicted molar refractivity (Wildman–Crippen MR) is 72.2 cm³/mol. The minimum Gasteiger partial charge on any atom is -0.504 e. The van der Waals surface area contributed by atoms with Gasteiger partial charge in [0.25, 0.3) is 0 Å². The van der Waals surface area contributed by atoms with E-state index in [0.717, 1.165) is 5.56 Å². The van der Waals surface area contributed by atoms with Crippen molar-refractivity contribution in [2.75, 3.05) is 13.7 Å². The highest BCUT2D eigenvalue weighted by Crippen LogP contribution is 2.26. The van der Waals surface area contributed by atoms with E-state index in [1.54, 1.807) is 32.0 Å². The summed E-state index contributed by atoms with van der Waals surface area (Å²) >= 11 is 0. The normalized spacial score (nSPS) is 11.2. The summed E-state index contributed by atoms with van der Waals surface area (Å²) in [5.41, 5.74) is 0.150. The first kappa shape index (κ1) is 15.3. The molecule has 0 spiro atoms. The van der Waals surface area contributed by atoms with Crippen molar-refractivity contribution >= 4 is 5.97 Å². The van der Waals surface area contributed by atoms with E-state index in [0.29, 0.717) is 18.9 Å². The van der Waals surface area contributed by atoms with Crippen LogP contribution in [0.2, 0.25) is 0 Å². The Kier molecular flexibility index (Phi) is 5.18. The minimum atomic E-state index is -0.765. The molecule has 0 saturated heterocycles. The van der Waals surface area contributed by atoms with Gasteiger partial charge in [0.05, 0.1) is 13.7 Å². The lowest BCUT2D eigenvalue weighted by atomic mass is 10.1. The number of nitrogens with one attached hydrogen (secondary N) is 1. The summed E-state index contributed by atoms with van der Waals surface area (Å²) in [6, 6.07) is 5.10. The van der Waals surface area contributed by atoms with E-state index < -0.39 is 5.54 Å². The molecule has 0 aromatic heterocycles. The number of hydrogen-bond acceptors (Lipinski definition) is 5. The number of phenolic OH excluding ortho intramolecular Hbond substituents is 1. The van der Waals surface area contributed by atoms with Gasteiger partial charge in [0.1, 0.15) is 5.54 Å². The van der Waals surface area contributed by atoms with Crippen LogP contribution in [0.5, 0.6) is 11.5 Å². The molecule has 0 amide bonds. The molecule has 0 bridgehead atoms. The second-order valence-electron chi connectivity index (χ2n) is 4.71. The Morgan fingerprint density at radius 3 is 2.68 bits per heavy atom. The molecular formula is C14H21NO4. The highest BCUT2D eigenvalue weighted by Gasteiger charge is 2.27. The number of carbonyl (C=O) groups is 1. The molecular weight excluding hydrogens is 246 g/mol. The van der Waals surface area contributed by atoms with Crippen molar-refractivity contribution in [3.63, 3.8) is 0 Å². The average Bonchev–Trinajstić information content (AvgIpc) is 2.39. The Hall–Kier alpha value is -1.75. The lowest BCUT2D eigenvalue weighted by Gasteiger charge is -2.23. The molecule has 2 N–H and O–H groups in total. The second-order valence-corrected chi connectivity index (χ2v) is 4.71. The average molecular weight is 267 g/mol. The second kappa shape index (κ2) is 6.43. The highest BCUT2D eigenvalue weighted by atomic mass is 16.5. The van der Waals surface area contributed by atoms with Gasteiger partial charge in [-0.2, -0.15) is 0 Å². The Balaban J connectivity index is 2.73. The fraction of sp³-hybridized carbons (Fsp3) is 0.500. The van der Waals surface area contributed by atoms with Gasteiger partial charge in [-0.1, -0.05) is 6.07 Å². The van der Waals surface area contributed by atoms with Gasteiger partial charge < -0.3 is 14.6 Å². The van der Waals surface area contributed by atoms with Crippen LogP contribution in [0.4, 0.5) is 0 Å². The van der Waals surface area contributed by atoms with Crippen LogP contribution in [0.3, 0.4) is 0 Å². The first-order valence-corrected chi connectivity index (χ1v) is 6.19. The summed E-state index contributed by atoms with van der Waals surface area (Å²) in [6.45, 7) is 6.32. The zero-order valence-corrected chi connectivity index (χ0v) is 11.8. The van der Waals surface area contributed by atoms with Gasteiger partial charge in [0.2, 0.25) is 0 Å². The largest absolute Gasteiger partial charge is 0.504 e. The fourth-order valence-electron chi connectivity index (χ4n) is 1.59. The number of hydrogen-bond donors (Lipinski definition) is 2. The van der Waals surface area contributed by atoms with Gasteiger partial charge in [-0.25, -0.2) is 0 Å². The maximum absolute atomic E-state index is 11.5. The lowest BCUT2D eigenvalue weighted by molar-refractivity contribution is -0.147. The van der Waals surface area contributed by atoms with Crippen LogP contribution in [-0.2, 0) is 16.1 Å². The number of esters is 1. The van der Waals surface area contributed by atoms with E-state index in [9.17, 15) is 9.90 Å². The number of benzene rings is 1. The number of methoxy groups -OCH3 is 1. The molecule has 0 aliphatic rings. The molecule has 106 valence electrons. The summed E-state index contributed by atoms with van der Waals surface area (Å²) in [5, 5.41) is 12.7. The van der Waals surface area contributed by atoms with Gasteiger partial charge >= 0.3 is 5.97 Å². The third-order valence-corrected chi connectivity index (χ3v) is 2.75. The van der Waals surface area contributed by atoms with Crippen LogP contribution in [0.15, 0.2) is 18.2 Å². The SMILES string of the molecule is CCOc1cc(CNC(C)(C)C(=O)OC)ccc1O. The van der Waals surface area contributed by atoms with Gasteiger partial charge in [-0.05, 0) is 38.5 Å². The lowest BCUT2D eigenvalue weighted by Crippen LogP contribution is -2.46. The molecule has 0 unspecified atom stereocenters. The standard InChI is InChI=1S/C14H21NO4/c1-5-19-12-8-10(6-7-11(12)16)9-15-14(2,3)13(17)18-4/h6-8,15-16H,5,9H2,1-4H3. The van der Waals surface area contributed by atoms with Gasteiger partial charge in [0.15, 0.2) is 11.5 Å². The molecule has 0 fully saturated rings. The number of ether oxygens (including phenoxy) is 2. The molecule has 0 aliphatic heterocycles. The van der Waals surface area contributed by atoms with Crippen molar-refractivity contribution in [1.29, 1.82) is 0 Å². The molecule has 0 heterocycles. The molecule has 0 aliphatic carbocycles. The summed E-state index contributed by atoms with van der Waals surface area (Å²) in [4.78, 5) is 11.5. The number of carbonyl (C=O) groups excluding carboxylic acids is 1. The van der Waals surface area contributed by atoms with E-state index in [2.05, 4.69) is 5.32 Å². The highest BCUT2D eigenvalue weighted by molar-refractivity contribution is 5.79. The summed E-state index contributed by atoms with van der Waals surface area (Å²) in [7, 11) is 1.36. The molecule has 0 atom stereocenters. The van der Waals surface area contributed by atoms with Crippen molar-refractivity contribution in [2.45, 2.75) is 32.9 Å². The van der Waals surface area contributed by atoms with E-state index >= 15 is 0 Å². The predicted octanol–water partition coefficient (Wildman–Crippen LogP) is 1.83. The Labute approximate surface area is 113 Å². The third kappa shape index (κ3) is 4.13. The van der Waals surface area contributed by atoms with Crippen LogP contribution in [0.25, 0.3) is 0 Å². The zero-order chi connectivity index (χ0) is 14.5. The van der Waals surface area contributed by atoms with E-state index in [-0.39, 0.29) is 11.7 Å². The first-order chi connectivity index (χ1) is 8.90. The van der Waals surface area contributed by atoms with Crippen LogP contribution in [-0.4, -0.2) is 30.3 Å². The van der Waals surface area contributed by atoms with E-state index in [1.807, 2.05) is 6.92 Å². The fourth-order valence-corrected chi connectivity index (χ4v) is 1.59.